The Morgan fingerprint density at radius 1 is 1.44 bits per heavy atom. The van der Waals surface area contributed by atoms with Crippen molar-refractivity contribution in [2.45, 2.75) is 31.9 Å². The van der Waals surface area contributed by atoms with E-state index in [0.717, 1.165) is 12.8 Å². The molecule has 1 aromatic rings. The largest absolute Gasteiger partial charge is 0.392 e. The normalized spacial score (nSPS) is 14.5. The van der Waals surface area contributed by atoms with Crippen molar-refractivity contribution in [2.75, 3.05) is 11.4 Å². The fourth-order valence-electron chi connectivity index (χ4n) is 1.58. The molecule has 5 heteroatoms. The van der Waals surface area contributed by atoms with Gasteiger partial charge in [0.2, 0.25) is 5.95 Å². The summed E-state index contributed by atoms with van der Waals surface area (Å²) in [5.41, 5.74) is 0.708. The minimum absolute atomic E-state index is 0.0398. The van der Waals surface area contributed by atoms with Crippen molar-refractivity contribution < 1.29 is 5.11 Å². The van der Waals surface area contributed by atoms with Crippen LogP contribution < -0.4 is 4.90 Å². The number of hydrogen-bond acceptors (Lipinski definition) is 5. The van der Waals surface area contributed by atoms with Crippen molar-refractivity contribution in [3.8, 4) is 6.07 Å². The summed E-state index contributed by atoms with van der Waals surface area (Å²) in [6.07, 6.45) is 6.04. The number of anilines is 1. The Morgan fingerprint density at radius 2 is 2.12 bits per heavy atom. The second-order valence-corrected chi connectivity index (χ2v) is 3.88. The fourth-order valence-corrected chi connectivity index (χ4v) is 1.58. The van der Waals surface area contributed by atoms with Crippen LogP contribution in [0.5, 0.6) is 0 Å². The molecule has 0 atom stereocenters. The van der Waals surface area contributed by atoms with E-state index >= 15 is 0 Å². The van der Waals surface area contributed by atoms with E-state index in [1.807, 2.05) is 0 Å². The number of nitriles is 1. The predicted octanol–water partition coefficient (Wildman–Crippen LogP) is 0.851. The maximum Gasteiger partial charge on any atom is 0.225 e. The zero-order valence-electron chi connectivity index (χ0n) is 9.00. The van der Waals surface area contributed by atoms with Gasteiger partial charge in [-0.25, -0.2) is 9.97 Å². The summed E-state index contributed by atoms with van der Waals surface area (Å²) in [6.45, 7) is 0.640. The van der Waals surface area contributed by atoms with E-state index in [4.69, 9.17) is 10.4 Å². The number of nitrogens with zero attached hydrogens (tertiary/aromatic N) is 4. The lowest BCUT2D eigenvalue weighted by Crippen LogP contribution is -2.28. The second-order valence-electron chi connectivity index (χ2n) is 3.88. The van der Waals surface area contributed by atoms with Gasteiger partial charge >= 0.3 is 0 Å². The Labute approximate surface area is 94.4 Å². The van der Waals surface area contributed by atoms with Gasteiger partial charge in [0, 0.05) is 30.5 Å². The van der Waals surface area contributed by atoms with E-state index in [1.54, 1.807) is 12.4 Å². The van der Waals surface area contributed by atoms with Crippen LogP contribution in [-0.4, -0.2) is 27.7 Å². The van der Waals surface area contributed by atoms with Gasteiger partial charge in [-0.15, -0.1) is 0 Å². The lowest BCUT2D eigenvalue weighted by molar-refractivity contribution is 0.281. The lowest BCUT2D eigenvalue weighted by atomic mass is 10.3. The molecule has 2 rings (SSSR count). The first-order valence-electron chi connectivity index (χ1n) is 5.40. The zero-order valence-corrected chi connectivity index (χ0v) is 9.00. The van der Waals surface area contributed by atoms with Gasteiger partial charge in [-0.05, 0) is 12.8 Å². The molecule has 0 bridgehead atoms. The summed E-state index contributed by atoms with van der Waals surface area (Å²) >= 11 is 0. The summed E-state index contributed by atoms with van der Waals surface area (Å²) in [6, 6.07) is 2.63. The Morgan fingerprint density at radius 3 is 2.62 bits per heavy atom. The van der Waals surface area contributed by atoms with Gasteiger partial charge in [0.25, 0.3) is 0 Å². The van der Waals surface area contributed by atoms with E-state index in [-0.39, 0.29) is 6.61 Å². The molecule has 0 aromatic carbocycles. The molecule has 0 aliphatic heterocycles. The van der Waals surface area contributed by atoms with E-state index in [9.17, 15) is 0 Å². The Kier molecular flexibility index (Phi) is 3.32. The molecule has 1 heterocycles. The molecule has 1 saturated carbocycles. The van der Waals surface area contributed by atoms with Crippen LogP contribution in [0.15, 0.2) is 12.4 Å². The molecule has 1 aliphatic carbocycles. The van der Waals surface area contributed by atoms with Crippen molar-refractivity contribution in [1.82, 2.24) is 9.97 Å². The molecule has 0 saturated heterocycles. The third kappa shape index (κ3) is 2.47. The maximum atomic E-state index is 8.89. The maximum absolute atomic E-state index is 8.89. The van der Waals surface area contributed by atoms with Crippen LogP contribution >= 0.6 is 0 Å². The van der Waals surface area contributed by atoms with Crippen LogP contribution in [0, 0.1) is 11.3 Å². The molecular weight excluding hydrogens is 204 g/mol. The second kappa shape index (κ2) is 4.90. The third-order valence-corrected chi connectivity index (χ3v) is 2.58. The third-order valence-electron chi connectivity index (χ3n) is 2.58. The standard InChI is InChI=1S/C11H14N4O/c12-4-1-5-15(10-2-3-10)11-13-6-9(8-16)7-14-11/h6-7,10,16H,1-3,5,8H2. The van der Waals surface area contributed by atoms with E-state index in [0.29, 0.717) is 30.5 Å². The SMILES string of the molecule is N#CCCN(c1ncc(CO)cn1)C1CC1. The molecule has 0 unspecified atom stereocenters. The van der Waals surface area contributed by atoms with Gasteiger partial charge in [-0.3, -0.25) is 0 Å². The van der Waals surface area contributed by atoms with E-state index in [1.165, 1.54) is 0 Å². The number of hydrogen-bond donors (Lipinski definition) is 1. The summed E-state index contributed by atoms with van der Waals surface area (Å²) in [4.78, 5) is 10.5. The van der Waals surface area contributed by atoms with Gasteiger partial charge in [0.15, 0.2) is 0 Å². The average Bonchev–Trinajstić information content (AvgIpc) is 3.15. The van der Waals surface area contributed by atoms with Gasteiger partial charge in [-0.1, -0.05) is 0 Å². The molecule has 16 heavy (non-hydrogen) atoms. The quantitative estimate of drug-likeness (QED) is 0.793. The van der Waals surface area contributed by atoms with Gasteiger partial charge in [0.1, 0.15) is 0 Å². The highest BCUT2D eigenvalue weighted by Gasteiger charge is 2.30. The van der Waals surface area contributed by atoms with Crippen LogP contribution in [0.4, 0.5) is 5.95 Å². The topological polar surface area (TPSA) is 73.0 Å². The van der Waals surface area contributed by atoms with Gasteiger partial charge in [0.05, 0.1) is 19.1 Å². The minimum Gasteiger partial charge on any atom is -0.392 e. The molecule has 1 N–H and O–H groups in total. The smallest absolute Gasteiger partial charge is 0.225 e. The van der Waals surface area contributed by atoms with Crippen LogP contribution in [0.3, 0.4) is 0 Å². The summed E-state index contributed by atoms with van der Waals surface area (Å²) in [5.74, 6) is 0.662. The Bertz CT molecular complexity index is 380. The molecule has 0 radical (unpaired) electrons. The van der Waals surface area contributed by atoms with Crippen molar-refractivity contribution in [1.29, 1.82) is 5.26 Å². The van der Waals surface area contributed by atoms with E-state index < -0.39 is 0 Å². The first kappa shape index (κ1) is 10.8. The summed E-state index contributed by atoms with van der Waals surface area (Å²) in [5, 5.41) is 17.5. The number of rotatable bonds is 5. The number of aliphatic hydroxyl groups is 1. The highest BCUT2D eigenvalue weighted by Crippen LogP contribution is 2.29. The monoisotopic (exact) mass is 218 g/mol. The molecule has 1 aromatic heterocycles. The van der Waals surface area contributed by atoms with Gasteiger partial charge < -0.3 is 10.0 Å². The fraction of sp³-hybridized carbons (Fsp3) is 0.545. The molecule has 0 amide bonds. The molecule has 1 aliphatic rings. The highest BCUT2D eigenvalue weighted by atomic mass is 16.3. The van der Waals surface area contributed by atoms with Crippen LogP contribution in [0.25, 0.3) is 0 Å². The number of aliphatic hydroxyl groups excluding tert-OH is 1. The lowest BCUT2D eigenvalue weighted by Gasteiger charge is -2.20. The molecule has 5 nitrogen and oxygen atoms in total. The number of aromatic nitrogens is 2. The highest BCUT2D eigenvalue weighted by molar-refractivity contribution is 5.34. The predicted molar refractivity (Wildman–Crippen MR) is 58.6 cm³/mol. The first-order chi connectivity index (χ1) is 7.85. The molecular formula is C11H14N4O. The summed E-state index contributed by atoms with van der Waals surface area (Å²) < 4.78 is 0. The van der Waals surface area contributed by atoms with Crippen LogP contribution in [0.1, 0.15) is 24.8 Å². The molecule has 84 valence electrons. The Balaban J connectivity index is 2.08. The van der Waals surface area contributed by atoms with Crippen molar-refractivity contribution in [2.24, 2.45) is 0 Å². The first-order valence-corrected chi connectivity index (χ1v) is 5.40. The van der Waals surface area contributed by atoms with Crippen LogP contribution in [-0.2, 0) is 6.61 Å². The van der Waals surface area contributed by atoms with Crippen molar-refractivity contribution in [3.05, 3.63) is 18.0 Å². The minimum atomic E-state index is -0.0398. The Hall–Kier alpha value is -1.67. The summed E-state index contributed by atoms with van der Waals surface area (Å²) in [7, 11) is 0. The van der Waals surface area contributed by atoms with E-state index in [2.05, 4.69) is 20.9 Å². The van der Waals surface area contributed by atoms with Crippen LogP contribution in [0.2, 0.25) is 0 Å². The van der Waals surface area contributed by atoms with Gasteiger partial charge in [-0.2, -0.15) is 5.26 Å². The molecule has 0 spiro atoms. The van der Waals surface area contributed by atoms with Crippen molar-refractivity contribution in [3.63, 3.8) is 0 Å². The van der Waals surface area contributed by atoms with Crippen molar-refractivity contribution >= 4 is 5.95 Å². The molecule has 1 fully saturated rings. The average molecular weight is 218 g/mol. The zero-order chi connectivity index (χ0) is 11.4.